The van der Waals surface area contributed by atoms with E-state index in [1.165, 1.54) is 36.7 Å². The van der Waals surface area contributed by atoms with E-state index in [-0.39, 0.29) is 4.90 Å². The lowest BCUT2D eigenvalue weighted by atomic mass is 10.1. The standard InChI is InChI=1S/C17H22INO4S/c1-22-16-8-7-15(12-17(16)23-2)24(20,21)19-11-9-14(13-19)6-4-3-5-10-18/h7-9,11-13H,3-6,10H2,1-2H3. The molecule has 0 amide bonds. The maximum atomic E-state index is 12.8. The number of rotatable bonds is 9. The first-order valence-corrected chi connectivity index (χ1v) is 10.7. The van der Waals surface area contributed by atoms with Crippen molar-refractivity contribution in [3.63, 3.8) is 0 Å². The Bertz CT molecular complexity index is 771. The molecule has 0 aliphatic heterocycles. The van der Waals surface area contributed by atoms with Crippen LogP contribution in [0, 0.1) is 0 Å². The molecule has 2 aromatic rings. The summed E-state index contributed by atoms with van der Waals surface area (Å²) in [5, 5.41) is 0. The lowest BCUT2D eigenvalue weighted by Gasteiger charge is -2.10. The van der Waals surface area contributed by atoms with Gasteiger partial charge < -0.3 is 9.47 Å². The molecule has 0 spiro atoms. The van der Waals surface area contributed by atoms with E-state index in [2.05, 4.69) is 22.6 Å². The quantitative estimate of drug-likeness (QED) is 0.322. The van der Waals surface area contributed by atoms with Crippen LogP contribution in [0.25, 0.3) is 0 Å². The molecule has 0 N–H and O–H groups in total. The Morgan fingerprint density at radius 1 is 1.04 bits per heavy atom. The van der Waals surface area contributed by atoms with Crippen molar-refractivity contribution in [3.05, 3.63) is 42.2 Å². The zero-order chi connectivity index (χ0) is 17.6. The highest BCUT2D eigenvalue weighted by molar-refractivity contribution is 14.1. The van der Waals surface area contributed by atoms with Crippen molar-refractivity contribution in [2.24, 2.45) is 0 Å². The first-order valence-electron chi connectivity index (χ1n) is 7.73. The molecule has 0 unspecified atom stereocenters. The first kappa shape index (κ1) is 19.1. The maximum absolute atomic E-state index is 12.8. The number of aryl methyl sites for hydroxylation is 1. The van der Waals surface area contributed by atoms with E-state index in [9.17, 15) is 8.42 Å². The van der Waals surface area contributed by atoms with Crippen molar-refractivity contribution in [3.8, 4) is 11.5 Å². The average Bonchev–Trinajstić information content (AvgIpc) is 3.07. The minimum atomic E-state index is -3.63. The summed E-state index contributed by atoms with van der Waals surface area (Å²) in [6, 6.07) is 6.47. The molecule has 24 heavy (non-hydrogen) atoms. The summed E-state index contributed by atoms with van der Waals surface area (Å²) in [6.07, 6.45) is 7.62. The number of halogens is 1. The Balaban J connectivity index is 2.20. The Kier molecular flexibility index (Phi) is 6.97. The maximum Gasteiger partial charge on any atom is 0.267 e. The SMILES string of the molecule is COc1ccc(S(=O)(=O)n2ccc(CCCCCI)c2)cc1OC. The third-order valence-electron chi connectivity index (χ3n) is 3.76. The lowest BCUT2D eigenvalue weighted by molar-refractivity contribution is 0.354. The van der Waals surface area contributed by atoms with Crippen LogP contribution in [0.2, 0.25) is 0 Å². The Morgan fingerprint density at radius 2 is 1.79 bits per heavy atom. The number of nitrogens with zero attached hydrogens (tertiary/aromatic N) is 1. The van der Waals surface area contributed by atoms with E-state index in [0.29, 0.717) is 11.5 Å². The highest BCUT2D eigenvalue weighted by atomic mass is 127. The molecule has 1 heterocycles. The van der Waals surface area contributed by atoms with Crippen LogP contribution in [0.15, 0.2) is 41.6 Å². The topological polar surface area (TPSA) is 57.5 Å². The third kappa shape index (κ3) is 4.44. The Morgan fingerprint density at radius 3 is 2.46 bits per heavy atom. The number of unbranched alkanes of at least 4 members (excludes halogenated alkanes) is 2. The second-order valence-corrected chi connectivity index (χ2v) is 8.29. The number of hydrogen-bond donors (Lipinski definition) is 0. The van der Waals surface area contributed by atoms with Crippen LogP contribution < -0.4 is 9.47 Å². The van der Waals surface area contributed by atoms with E-state index in [1.54, 1.807) is 18.5 Å². The summed E-state index contributed by atoms with van der Waals surface area (Å²) in [6.45, 7) is 0. The van der Waals surface area contributed by atoms with Gasteiger partial charge in [0.25, 0.3) is 10.0 Å². The van der Waals surface area contributed by atoms with Gasteiger partial charge >= 0.3 is 0 Å². The molecule has 0 saturated carbocycles. The van der Waals surface area contributed by atoms with Crippen LogP contribution in [0.5, 0.6) is 11.5 Å². The molecule has 0 atom stereocenters. The molecule has 0 aliphatic rings. The summed E-state index contributed by atoms with van der Waals surface area (Å²) >= 11 is 2.37. The van der Waals surface area contributed by atoms with Crippen LogP contribution in [0.3, 0.4) is 0 Å². The largest absolute Gasteiger partial charge is 0.493 e. The van der Waals surface area contributed by atoms with Crippen molar-refractivity contribution in [2.45, 2.75) is 30.6 Å². The predicted octanol–water partition coefficient (Wildman–Crippen LogP) is 3.89. The molecule has 0 saturated heterocycles. The molecule has 1 aromatic carbocycles. The molecule has 0 fully saturated rings. The van der Waals surface area contributed by atoms with Crippen LogP contribution >= 0.6 is 22.6 Å². The fraction of sp³-hybridized carbons (Fsp3) is 0.412. The van der Waals surface area contributed by atoms with Gasteiger partial charge in [-0.1, -0.05) is 29.0 Å². The number of benzene rings is 1. The molecule has 2 rings (SSSR count). The van der Waals surface area contributed by atoms with Crippen molar-refractivity contribution in [1.29, 1.82) is 0 Å². The molecule has 132 valence electrons. The summed E-state index contributed by atoms with van der Waals surface area (Å²) in [5.41, 5.74) is 1.03. The van der Waals surface area contributed by atoms with E-state index in [1.807, 2.05) is 6.07 Å². The Labute approximate surface area is 157 Å². The van der Waals surface area contributed by atoms with Crippen LogP contribution in [-0.2, 0) is 16.4 Å². The zero-order valence-electron chi connectivity index (χ0n) is 13.9. The monoisotopic (exact) mass is 463 g/mol. The second kappa shape index (κ2) is 8.75. The second-order valence-electron chi connectivity index (χ2n) is 5.37. The normalized spacial score (nSPS) is 11.5. The highest BCUT2D eigenvalue weighted by Gasteiger charge is 2.19. The van der Waals surface area contributed by atoms with Gasteiger partial charge in [0.05, 0.1) is 19.1 Å². The average molecular weight is 463 g/mol. The molecular formula is C17H22INO4S. The van der Waals surface area contributed by atoms with Crippen molar-refractivity contribution >= 4 is 32.6 Å². The van der Waals surface area contributed by atoms with Crippen molar-refractivity contribution < 1.29 is 17.9 Å². The van der Waals surface area contributed by atoms with Gasteiger partial charge in [-0.05, 0) is 47.5 Å². The van der Waals surface area contributed by atoms with Gasteiger partial charge in [-0.15, -0.1) is 0 Å². The minimum absolute atomic E-state index is 0.173. The van der Waals surface area contributed by atoms with E-state index >= 15 is 0 Å². The van der Waals surface area contributed by atoms with Crippen molar-refractivity contribution in [2.75, 3.05) is 18.6 Å². The number of ether oxygens (including phenoxy) is 2. The molecule has 5 nitrogen and oxygen atoms in total. The Hall–Kier alpha value is -1.22. The van der Waals surface area contributed by atoms with Gasteiger partial charge in [0.1, 0.15) is 0 Å². The van der Waals surface area contributed by atoms with Crippen LogP contribution in [0.1, 0.15) is 24.8 Å². The molecular weight excluding hydrogens is 441 g/mol. The fourth-order valence-corrected chi connectivity index (χ4v) is 4.19. The third-order valence-corrected chi connectivity index (χ3v) is 6.15. The summed E-state index contributed by atoms with van der Waals surface area (Å²) in [4.78, 5) is 0.173. The van der Waals surface area contributed by atoms with Crippen LogP contribution in [-0.4, -0.2) is 31.0 Å². The van der Waals surface area contributed by atoms with Gasteiger partial charge in [0, 0.05) is 18.5 Å². The number of hydrogen-bond acceptors (Lipinski definition) is 4. The summed E-state index contributed by atoms with van der Waals surface area (Å²) in [7, 11) is -0.631. The molecule has 0 radical (unpaired) electrons. The first-order chi connectivity index (χ1) is 11.5. The van der Waals surface area contributed by atoms with E-state index in [0.717, 1.165) is 29.3 Å². The van der Waals surface area contributed by atoms with Crippen LogP contribution in [0.4, 0.5) is 0 Å². The molecule has 0 bridgehead atoms. The zero-order valence-corrected chi connectivity index (χ0v) is 16.8. The van der Waals surface area contributed by atoms with Gasteiger partial charge in [-0.2, -0.15) is 0 Å². The molecule has 0 aliphatic carbocycles. The number of aromatic nitrogens is 1. The van der Waals surface area contributed by atoms with Gasteiger partial charge in [-0.25, -0.2) is 12.4 Å². The summed E-state index contributed by atoms with van der Waals surface area (Å²) < 4.78 is 38.3. The van der Waals surface area contributed by atoms with E-state index < -0.39 is 10.0 Å². The fourth-order valence-electron chi connectivity index (χ4n) is 2.42. The lowest BCUT2D eigenvalue weighted by Crippen LogP contribution is -2.11. The summed E-state index contributed by atoms with van der Waals surface area (Å²) in [5.74, 6) is 0.893. The minimum Gasteiger partial charge on any atom is -0.493 e. The number of methoxy groups -OCH3 is 2. The molecule has 1 aromatic heterocycles. The van der Waals surface area contributed by atoms with Gasteiger partial charge in [0.2, 0.25) is 0 Å². The number of alkyl halides is 1. The van der Waals surface area contributed by atoms with Gasteiger partial charge in [-0.3, -0.25) is 0 Å². The predicted molar refractivity (Wildman–Crippen MR) is 103 cm³/mol. The smallest absolute Gasteiger partial charge is 0.267 e. The van der Waals surface area contributed by atoms with Crippen molar-refractivity contribution in [1.82, 2.24) is 3.97 Å². The van der Waals surface area contributed by atoms with Gasteiger partial charge in [0.15, 0.2) is 11.5 Å². The van der Waals surface area contributed by atoms with E-state index in [4.69, 9.17) is 9.47 Å². The highest BCUT2D eigenvalue weighted by Crippen LogP contribution is 2.30. The molecule has 7 heteroatoms.